The predicted molar refractivity (Wildman–Crippen MR) is 103 cm³/mol. The van der Waals surface area contributed by atoms with Gasteiger partial charge in [-0.25, -0.2) is 9.97 Å². The van der Waals surface area contributed by atoms with Crippen molar-refractivity contribution in [2.45, 2.75) is 39.5 Å². The zero-order chi connectivity index (χ0) is 16.7. The largest absolute Gasteiger partial charge is 0.354 e. The summed E-state index contributed by atoms with van der Waals surface area (Å²) in [4.78, 5) is 25.1. The number of hydrogen-bond donors (Lipinski definition) is 1. The SMILES string of the molecule is Br.Cc1cc(C)nc(NCCC(=O)N(C)CCN2CCCCC2)n1. The highest BCUT2D eigenvalue weighted by Crippen LogP contribution is 2.08. The Kier molecular flexibility index (Phi) is 9.21. The fourth-order valence-corrected chi connectivity index (χ4v) is 2.88. The standard InChI is InChI=1S/C17H29N5O.BrH/c1-14-13-15(2)20-17(19-14)18-8-7-16(23)21(3)11-12-22-9-5-4-6-10-22;/h13H,4-12H2,1-3H3,(H,18,19,20);1H. The normalized spacial score (nSPS) is 14.8. The van der Waals surface area contributed by atoms with E-state index in [9.17, 15) is 4.79 Å². The van der Waals surface area contributed by atoms with Crippen molar-refractivity contribution in [3.63, 3.8) is 0 Å². The van der Waals surface area contributed by atoms with E-state index in [0.717, 1.165) is 24.5 Å². The fourth-order valence-electron chi connectivity index (χ4n) is 2.88. The third kappa shape index (κ3) is 7.13. The smallest absolute Gasteiger partial charge is 0.224 e. The molecule has 1 aromatic heterocycles. The number of nitrogens with zero attached hydrogens (tertiary/aromatic N) is 4. The number of likely N-dealkylation sites (tertiary alicyclic amines) is 1. The number of piperidine rings is 1. The van der Waals surface area contributed by atoms with E-state index in [2.05, 4.69) is 20.2 Å². The molecule has 0 spiro atoms. The zero-order valence-electron chi connectivity index (χ0n) is 15.0. The van der Waals surface area contributed by atoms with E-state index in [1.807, 2.05) is 31.9 Å². The van der Waals surface area contributed by atoms with Gasteiger partial charge in [-0.1, -0.05) is 6.42 Å². The predicted octanol–water partition coefficient (Wildman–Crippen LogP) is 2.42. The molecule has 24 heavy (non-hydrogen) atoms. The molecule has 1 aliphatic heterocycles. The molecule has 1 aliphatic rings. The van der Waals surface area contributed by atoms with Crippen molar-refractivity contribution in [3.05, 3.63) is 17.5 Å². The second-order valence-corrected chi connectivity index (χ2v) is 6.37. The lowest BCUT2D eigenvalue weighted by Gasteiger charge is -2.28. The highest BCUT2D eigenvalue weighted by atomic mass is 79.9. The Morgan fingerprint density at radius 3 is 2.46 bits per heavy atom. The molecule has 6 nitrogen and oxygen atoms in total. The van der Waals surface area contributed by atoms with Crippen LogP contribution in [0.4, 0.5) is 5.95 Å². The van der Waals surface area contributed by atoms with Crippen LogP contribution in [0, 0.1) is 13.8 Å². The van der Waals surface area contributed by atoms with E-state index in [4.69, 9.17) is 0 Å². The van der Waals surface area contributed by atoms with Crippen LogP contribution in [0.5, 0.6) is 0 Å². The monoisotopic (exact) mass is 399 g/mol. The van der Waals surface area contributed by atoms with Gasteiger partial charge >= 0.3 is 0 Å². The second-order valence-electron chi connectivity index (χ2n) is 6.37. The Morgan fingerprint density at radius 2 is 1.83 bits per heavy atom. The van der Waals surface area contributed by atoms with Gasteiger partial charge in [-0.3, -0.25) is 4.79 Å². The summed E-state index contributed by atoms with van der Waals surface area (Å²) >= 11 is 0. The van der Waals surface area contributed by atoms with Crippen molar-refractivity contribution in [1.29, 1.82) is 0 Å². The minimum Gasteiger partial charge on any atom is -0.354 e. The molecule has 1 N–H and O–H groups in total. The van der Waals surface area contributed by atoms with Gasteiger partial charge in [0.15, 0.2) is 0 Å². The number of halogens is 1. The molecule has 136 valence electrons. The van der Waals surface area contributed by atoms with Crippen molar-refractivity contribution in [2.24, 2.45) is 0 Å². The van der Waals surface area contributed by atoms with Gasteiger partial charge in [-0.05, 0) is 45.8 Å². The van der Waals surface area contributed by atoms with Crippen LogP contribution in [-0.4, -0.2) is 65.4 Å². The van der Waals surface area contributed by atoms with E-state index in [1.54, 1.807) is 0 Å². The van der Waals surface area contributed by atoms with Crippen LogP contribution in [-0.2, 0) is 4.79 Å². The highest BCUT2D eigenvalue weighted by molar-refractivity contribution is 8.93. The number of amides is 1. The Morgan fingerprint density at radius 1 is 1.21 bits per heavy atom. The number of rotatable bonds is 7. The molecule has 1 fully saturated rings. The Balaban J connectivity index is 0.00000288. The molecule has 2 heterocycles. The fraction of sp³-hybridized carbons (Fsp3) is 0.706. The molecule has 0 saturated carbocycles. The molecule has 1 amide bonds. The van der Waals surface area contributed by atoms with E-state index in [1.165, 1.54) is 32.4 Å². The van der Waals surface area contributed by atoms with Gasteiger partial charge < -0.3 is 15.1 Å². The molecule has 0 aliphatic carbocycles. The lowest BCUT2D eigenvalue weighted by Crippen LogP contribution is -2.39. The molecule has 1 saturated heterocycles. The van der Waals surface area contributed by atoms with Gasteiger partial charge in [-0.2, -0.15) is 0 Å². The summed E-state index contributed by atoms with van der Waals surface area (Å²) < 4.78 is 0. The first-order chi connectivity index (χ1) is 11.0. The summed E-state index contributed by atoms with van der Waals surface area (Å²) in [5.41, 5.74) is 1.87. The number of aryl methyl sites for hydroxylation is 2. The quantitative estimate of drug-likeness (QED) is 0.762. The Bertz CT molecular complexity index is 499. The number of aromatic nitrogens is 2. The van der Waals surface area contributed by atoms with Gasteiger partial charge in [0.1, 0.15) is 0 Å². The molecule has 0 unspecified atom stereocenters. The molecule has 0 radical (unpaired) electrons. The van der Waals surface area contributed by atoms with Crippen molar-refractivity contribution < 1.29 is 4.79 Å². The van der Waals surface area contributed by atoms with Crippen LogP contribution in [0.3, 0.4) is 0 Å². The number of nitrogens with one attached hydrogen (secondary N) is 1. The minimum absolute atomic E-state index is 0. The first-order valence-electron chi connectivity index (χ1n) is 8.57. The van der Waals surface area contributed by atoms with Crippen molar-refractivity contribution in [2.75, 3.05) is 45.1 Å². The molecule has 1 aromatic rings. The summed E-state index contributed by atoms with van der Waals surface area (Å²) in [6, 6.07) is 1.94. The van der Waals surface area contributed by atoms with Crippen molar-refractivity contribution in [3.8, 4) is 0 Å². The lowest BCUT2D eigenvalue weighted by molar-refractivity contribution is -0.129. The number of carbonyl (C=O) groups excluding carboxylic acids is 1. The maximum atomic E-state index is 12.2. The molecule has 0 aromatic carbocycles. The molecule has 2 rings (SSSR count). The van der Waals surface area contributed by atoms with Crippen LogP contribution in [0.25, 0.3) is 0 Å². The third-order valence-corrected chi connectivity index (χ3v) is 4.23. The van der Waals surface area contributed by atoms with Gasteiger partial charge in [0.25, 0.3) is 0 Å². The number of hydrogen-bond acceptors (Lipinski definition) is 5. The van der Waals surface area contributed by atoms with Gasteiger partial charge in [-0.15, -0.1) is 17.0 Å². The zero-order valence-corrected chi connectivity index (χ0v) is 16.8. The van der Waals surface area contributed by atoms with Crippen LogP contribution >= 0.6 is 17.0 Å². The summed E-state index contributed by atoms with van der Waals surface area (Å²) in [5, 5.41) is 3.14. The van der Waals surface area contributed by atoms with E-state index < -0.39 is 0 Å². The number of likely N-dealkylation sites (N-methyl/N-ethyl adjacent to an activating group) is 1. The van der Waals surface area contributed by atoms with Gasteiger partial charge in [0, 0.05) is 44.5 Å². The lowest BCUT2D eigenvalue weighted by atomic mass is 10.1. The van der Waals surface area contributed by atoms with Crippen LogP contribution in [0.2, 0.25) is 0 Å². The molecular weight excluding hydrogens is 370 g/mol. The maximum absolute atomic E-state index is 12.2. The van der Waals surface area contributed by atoms with Crippen molar-refractivity contribution >= 4 is 28.8 Å². The highest BCUT2D eigenvalue weighted by Gasteiger charge is 2.13. The first kappa shape index (κ1) is 20.8. The van der Waals surface area contributed by atoms with Gasteiger partial charge in [0.2, 0.25) is 11.9 Å². The number of carbonyl (C=O) groups is 1. The second kappa shape index (κ2) is 10.6. The van der Waals surface area contributed by atoms with Crippen LogP contribution in [0.15, 0.2) is 6.07 Å². The third-order valence-electron chi connectivity index (χ3n) is 4.23. The van der Waals surface area contributed by atoms with Crippen molar-refractivity contribution in [1.82, 2.24) is 19.8 Å². The molecule has 0 bridgehead atoms. The summed E-state index contributed by atoms with van der Waals surface area (Å²) in [5.74, 6) is 0.769. The van der Waals surface area contributed by atoms with Gasteiger partial charge in [0.05, 0.1) is 0 Å². The summed E-state index contributed by atoms with van der Waals surface area (Å²) in [6.45, 7) is 8.59. The Labute approximate surface area is 155 Å². The summed E-state index contributed by atoms with van der Waals surface area (Å²) in [6.07, 6.45) is 4.39. The van der Waals surface area contributed by atoms with Crippen LogP contribution in [0.1, 0.15) is 37.1 Å². The maximum Gasteiger partial charge on any atom is 0.224 e. The first-order valence-corrected chi connectivity index (χ1v) is 8.57. The van der Waals surface area contributed by atoms with E-state index in [-0.39, 0.29) is 22.9 Å². The van der Waals surface area contributed by atoms with E-state index in [0.29, 0.717) is 18.9 Å². The average molecular weight is 400 g/mol. The summed E-state index contributed by atoms with van der Waals surface area (Å²) in [7, 11) is 1.89. The molecule has 7 heteroatoms. The minimum atomic E-state index is 0. The average Bonchev–Trinajstić information content (AvgIpc) is 2.52. The molecule has 0 atom stereocenters. The van der Waals surface area contributed by atoms with E-state index >= 15 is 0 Å². The number of anilines is 1. The van der Waals surface area contributed by atoms with Crippen LogP contribution < -0.4 is 5.32 Å². The topological polar surface area (TPSA) is 61.4 Å². The molecular formula is C17H30BrN5O. The Hall–Kier alpha value is -1.21.